The Balaban J connectivity index is 2.76. The van der Waals surface area contributed by atoms with Crippen molar-refractivity contribution in [2.75, 3.05) is 0 Å². The molecule has 2 aromatic rings. The van der Waals surface area contributed by atoms with E-state index in [1.807, 2.05) is 0 Å². The Morgan fingerprint density at radius 1 is 1.38 bits per heavy atom. The average molecular weight is 177 g/mol. The molecule has 0 radical (unpaired) electrons. The molecule has 13 heavy (non-hydrogen) atoms. The van der Waals surface area contributed by atoms with Crippen molar-refractivity contribution >= 4 is 17.0 Å². The number of fused-ring (bicyclic) bond motifs is 1. The molecule has 0 bridgehead atoms. The van der Waals surface area contributed by atoms with Crippen molar-refractivity contribution in [3.8, 4) is 0 Å². The number of nitrogens with one attached hydrogen (secondary N) is 1. The maximum atomic E-state index is 10.7. The van der Waals surface area contributed by atoms with Gasteiger partial charge in [-0.3, -0.25) is 0 Å². The third-order valence-electron chi connectivity index (χ3n) is 1.89. The highest BCUT2D eigenvalue weighted by Crippen LogP contribution is 2.15. The summed E-state index contributed by atoms with van der Waals surface area (Å²) in [6.45, 7) is 1.73. The molecular formula is C8H7N3O2. The Bertz CT molecular complexity index is 475. The van der Waals surface area contributed by atoms with Crippen LogP contribution in [0.3, 0.4) is 0 Å². The molecule has 0 saturated carbocycles. The zero-order valence-corrected chi connectivity index (χ0v) is 6.90. The Hall–Kier alpha value is -1.91. The number of H-pyrrole nitrogens is 1. The van der Waals surface area contributed by atoms with Crippen molar-refractivity contribution in [1.82, 2.24) is 15.4 Å². The minimum Gasteiger partial charge on any atom is -0.478 e. The molecule has 0 atom stereocenters. The molecule has 1 aromatic carbocycles. The minimum absolute atomic E-state index is 0.265. The van der Waals surface area contributed by atoms with Gasteiger partial charge in [0.05, 0.1) is 5.56 Å². The summed E-state index contributed by atoms with van der Waals surface area (Å²) in [5, 5.41) is 18.9. The van der Waals surface area contributed by atoms with Gasteiger partial charge in [0, 0.05) is 0 Å². The van der Waals surface area contributed by atoms with E-state index < -0.39 is 5.97 Å². The van der Waals surface area contributed by atoms with Crippen molar-refractivity contribution in [3.05, 3.63) is 23.3 Å². The normalized spacial score (nSPS) is 10.5. The number of aromatic carboxylic acids is 1. The standard InChI is InChI=1S/C8H7N3O2/c1-4-2-6-7(10-11-9-6)3-5(4)8(12)13/h2-3H,1H3,(H,12,13)(H,9,10,11). The molecule has 5 nitrogen and oxygen atoms in total. The van der Waals surface area contributed by atoms with Gasteiger partial charge >= 0.3 is 5.97 Å². The molecule has 66 valence electrons. The average Bonchev–Trinajstić information content (AvgIpc) is 2.48. The SMILES string of the molecule is Cc1cc2n[nH]nc2cc1C(=O)O. The van der Waals surface area contributed by atoms with E-state index in [4.69, 9.17) is 5.11 Å². The third-order valence-corrected chi connectivity index (χ3v) is 1.89. The molecule has 0 spiro atoms. The molecule has 5 heteroatoms. The van der Waals surface area contributed by atoms with Crippen LogP contribution in [0.4, 0.5) is 0 Å². The lowest BCUT2D eigenvalue weighted by molar-refractivity contribution is 0.0696. The predicted molar refractivity (Wildman–Crippen MR) is 45.6 cm³/mol. The zero-order valence-electron chi connectivity index (χ0n) is 6.90. The van der Waals surface area contributed by atoms with Crippen LogP contribution < -0.4 is 0 Å². The van der Waals surface area contributed by atoms with E-state index in [0.29, 0.717) is 16.6 Å². The first-order chi connectivity index (χ1) is 6.18. The number of hydrogen-bond donors (Lipinski definition) is 2. The summed E-state index contributed by atoms with van der Waals surface area (Å²) in [5.41, 5.74) is 2.21. The van der Waals surface area contributed by atoms with Crippen LogP contribution in [0.1, 0.15) is 15.9 Å². The van der Waals surface area contributed by atoms with Crippen molar-refractivity contribution in [2.45, 2.75) is 6.92 Å². The highest BCUT2D eigenvalue weighted by atomic mass is 16.4. The van der Waals surface area contributed by atoms with Crippen molar-refractivity contribution in [2.24, 2.45) is 0 Å². The summed E-state index contributed by atoms with van der Waals surface area (Å²) in [7, 11) is 0. The monoisotopic (exact) mass is 177 g/mol. The summed E-state index contributed by atoms with van der Waals surface area (Å²) in [6.07, 6.45) is 0. The summed E-state index contributed by atoms with van der Waals surface area (Å²) >= 11 is 0. The van der Waals surface area contributed by atoms with Crippen molar-refractivity contribution < 1.29 is 9.90 Å². The van der Waals surface area contributed by atoms with Gasteiger partial charge in [-0.25, -0.2) is 4.79 Å². The Labute approximate surface area is 73.4 Å². The lowest BCUT2D eigenvalue weighted by Gasteiger charge is -1.98. The molecule has 1 heterocycles. The van der Waals surface area contributed by atoms with E-state index >= 15 is 0 Å². The molecule has 0 aliphatic heterocycles. The Morgan fingerprint density at radius 2 is 2.00 bits per heavy atom. The van der Waals surface area contributed by atoms with Gasteiger partial charge in [0.1, 0.15) is 11.0 Å². The topological polar surface area (TPSA) is 78.9 Å². The van der Waals surface area contributed by atoms with Crippen molar-refractivity contribution in [3.63, 3.8) is 0 Å². The maximum Gasteiger partial charge on any atom is 0.336 e. The van der Waals surface area contributed by atoms with E-state index in [-0.39, 0.29) is 5.56 Å². The van der Waals surface area contributed by atoms with Crippen LogP contribution in [0.25, 0.3) is 11.0 Å². The van der Waals surface area contributed by atoms with Crippen LogP contribution in [0.2, 0.25) is 0 Å². The quantitative estimate of drug-likeness (QED) is 0.680. The molecule has 0 unspecified atom stereocenters. The summed E-state index contributed by atoms with van der Waals surface area (Å²) in [6, 6.07) is 3.21. The van der Waals surface area contributed by atoms with Gasteiger partial charge < -0.3 is 5.11 Å². The van der Waals surface area contributed by atoms with Crippen molar-refractivity contribution in [1.29, 1.82) is 0 Å². The number of rotatable bonds is 1. The summed E-state index contributed by atoms with van der Waals surface area (Å²) in [5.74, 6) is -0.942. The first-order valence-corrected chi connectivity index (χ1v) is 3.73. The fraction of sp³-hybridized carbons (Fsp3) is 0.125. The lowest BCUT2D eigenvalue weighted by atomic mass is 10.1. The van der Waals surface area contributed by atoms with Gasteiger partial charge in [0.15, 0.2) is 0 Å². The number of carboxylic acid groups (broad SMARTS) is 1. The highest BCUT2D eigenvalue weighted by Gasteiger charge is 2.09. The summed E-state index contributed by atoms with van der Waals surface area (Å²) < 4.78 is 0. The lowest BCUT2D eigenvalue weighted by Crippen LogP contribution is -1.99. The highest BCUT2D eigenvalue weighted by molar-refractivity contribution is 5.93. The van der Waals surface area contributed by atoms with Gasteiger partial charge in [-0.1, -0.05) is 0 Å². The number of aryl methyl sites for hydroxylation is 1. The van der Waals surface area contributed by atoms with Gasteiger partial charge in [-0.15, -0.1) is 0 Å². The Morgan fingerprint density at radius 3 is 2.62 bits per heavy atom. The van der Waals surface area contributed by atoms with Gasteiger partial charge in [-0.2, -0.15) is 15.4 Å². The maximum absolute atomic E-state index is 10.7. The van der Waals surface area contributed by atoms with Gasteiger partial charge in [0.2, 0.25) is 0 Å². The van der Waals surface area contributed by atoms with Crippen LogP contribution in [-0.4, -0.2) is 26.5 Å². The number of aromatic nitrogens is 3. The number of nitrogens with zero attached hydrogens (tertiary/aromatic N) is 2. The molecule has 0 saturated heterocycles. The van der Waals surface area contributed by atoms with Gasteiger partial charge in [-0.05, 0) is 24.6 Å². The van der Waals surface area contributed by atoms with E-state index in [9.17, 15) is 4.79 Å². The number of carbonyl (C=O) groups is 1. The molecule has 0 aliphatic rings. The van der Waals surface area contributed by atoms with Crippen LogP contribution in [0, 0.1) is 6.92 Å². The molecule has 1 aromatic heterocycles. The van der Waals surface area contributed by atoms with E-state index in [1.165, 1.54) is 6.07 Å². The molecular weight excluding hydrogens is 170 g/mol. The number of aromatic amines is 1. The van der Waals surface area contributed by atoms with Crippen LogP contribution in [0.5, 0.6) is 0 Å². The second kappa shape index (κ2) is 2.55. The first kappa shape index (κ1) is 7.72. The van der Waals surface area contributed by atoms with Gasteiger partial charge in [0.25, 0.3) is 0 Å². The minimum atomic E-state index is -0.942. The largest absolute Gasteiger partial charge is 0.478 e. The predicted octanol–water partition coefficient (Wildman–Crippen LogP) is 0.965. The van der Waals surface area contributed by atoms with E-state index in [0.717, 1.165) is 0 Å². The van der Waals surface area contributed by atoms with Crippen LogP contribution in [0.15, 0.2) is 12.1 Å². The number of hydrogen-bond acceptors (Lipinski definition) is 3. The van der Waals surface area contributed by atoms with Crippen LogP contribution >= 0.6 is 0 Å². The molecule has 0 aliphatic carbocycles. The number of benzene rings is 1. The molecule has 0 amide bonds. The van der Waals surface area contributed by atoms with Crippen LogP contribution in [-0.2, 0) is 0 Å². The second-order valence-electron chi connectivity index (χ2n) is 2.78. The second-order valence-corrected chi connectivity index (χ2v) is 2.78. The third kappa shape index (κ3) is 1.14. The van der Waals surface area contributed by atoms with E-state index in [2.05, 4.69) is 15.4 Å². The molecule has 2 rings (SSSR count). The fourth-order valence-corrected chi connectivity index (χ4v) is 1.22. The molecule has 0 fully saturated rings. The Kier molecular flexibility index (Phi) is 1.51. The first-order valence-electron chi connectivity index (χ1n) is 3.73. The summed E-state index contributed by atoms with van der Waals surface area (Å²) in [4.78, 5) is 10.7. The number of carboxylic acids is 1. The zero-order chi connectivity index (χ0) is 9.42. The smallest absolute Gasteiger partial charge is 0.336 e. The molecule has 2 N–H and O–H groups in total. The van der Waals surface area contributed by atoms with E-state index in [1.54, 1.807) is 13.0 Å². The fourth-order valence-electron chi connectivity index (χ4n) is 1.22.